The highest BCUT2D eigenvalue weighted by molar-refractivity contribution is 7.07. The summed E-state index contributed by atoms with van der Waals surface area (Å²) in [4.78, 5) is 6.70. The highest BCUT2D eigenvalue weighted by Crippen LogP contribution is 2.04. The number of quaternary nitrogens is 1. The first-order valence-electron chi connectivity index (χ1n) is 13.1. The lowest BCUT2D eigenvalue weighted by Crippen LogP contribution is -2.54. The second-order valence-corrected chi connectivity index (χ2v) is 11.9. The van der Waals surface area contributed by atoms with Gasteiger partial charge in [0.25, 0.3) is 0 Å². The van der Waals surface area contributed by atoms with Gasteiger partial charge in [-0.3, -0.25) is 14.8 Å². The van der Waals surface area contributed by atoms with Crippen LogP contribution in [-0.4, -0.2) is 112 Å². The van der Waals surface area contributed by atoms with E-state index in [0.29, 0.717) is 0 Å². The van der Waals surface area contributed by atoms with Gasteiger partial charge in [-0.15, -0.1) is 0 Å². The standard InChI is InChI=1S/C8H15N3.C7H10N.C5H10N2.C4H6NS.C4H12N/c1-10-5-3-7-11-6-2-4-9-8(10)11;1-7-5-3-4-6-8(7)2;1-6-3-4-7(2)5-6;1-5-2-3-6-4-5;1-5(2,3)4/h2-7H2,1H3;3-6H,1-2H3;3-4H,5H2,1-2H3;2-4H,1H3;1-4H3/q;+1;;2*+1/p+1. The van der Waals surface area contributed by atoms with Gasteiger partial charge in [-0.1, -0.05) is 17.4 Å². The Labute approximate surface area is 231 Å². The van der Waals surface area contributed by atoms with Gasteiger partial charge in [0.15, 0.2) is 18.1 Å². The van der Waals surface area contributed by atoms with E-state index in [0.717, 1.165) is 17.7 Å². The van der Waals surface area contributed by atoms with Crippen molar-refractivity contribution in [3.63, 3.8) is 0 Å². The smallest absolute Gasteiger partial charge is 0.347 e. The molecule has 3 aliphatic heterocycles. The van der Waals surface area contributed by atoms with Gasteiger partial charge in [-0.25, -0.2) is 4.57 Å². The van der Waals surface area contributed by atoms with Gasteiger partial charge in [-0.05, 0) is 0 Å². The SMILES string of the molecule is CN1C=CN(C)C1.C[N+](C)(C)C.C[N+]1=C2NCCCN2CCC1.C[n+]1ccsc1.Cc1cccc[n+]1C. The third-order valence-electron chi connectivity index (χ3n) is 5.41. The molecule has 2 aromatic heterocycles. The fourth-order valence-electron chi connectivity index (χ4n) is 3.47. The van der Waals surface area contributed by atoms with Crippen molar-refractivity contribution in [2.75, 3.05) is 82.2 Å². The van der Waals surface area contributed by atoms with E-state index >= 15 is 0 Å². The number of nitrogens with zero attached hydrogens (tertiary/aromatic N) is 7. The van der Waals surface area contributed by atoms with Crippen LogP contribution in [0.4, 0.5) is 0 Å². The zero-order valence-electron chi connectivity index (χ0n) is 25.2. The number of thiazole rings is 1. The van der Waals surface area contributed by atoms with Crippen LogP contribution in [0, 0.1) is 6.92 Å². The lowest BCUT2D eigenvalue weighted by atomic mass is 10.2. The summed E-state index contributed by atoms with van der Waals surface area (Å²) >= 11 is 1.70. The van der Waals surface area contributed by atoms with Gasteiger partial charge in [0.05, 0.1) is 73.5 Å². The van der Waals surface area contributed by atoms with Gasteiger partial charge in [0.1, 0.15) is 14.1 Å². The number of aromatic nitrogens is 2. The van der Waals surface area contributed by atoms with Crippen molar-refractivity contribution in [3.8, 4) is 0 Å². The molecule has 9 heteroatoms. The molecule has 3 aliphatic rings. The first-order valence-corrected chi connectivity index (χ1v) is 14.0. The third-order valence-corrected chi connectivity index (χ3v) is 6.14. The molecule has 5 rings (SSSR count). The van der Waals surface area contributed by atoms with Gasteiger partial charge in [-0.2, -0.15) is 4.57 Å². The molecular weight excluding hydrogens is 480 g/mol. The summed E-state index contributed by atoms with van der Waals surface area (Å²) in [6, 6.07) is 6.14. The normalized spacial score (nSPS) is 16.0. The fourth-order valence-corrected chi connectivity index (χ4v) is 4.06. The Balaban J connectivity index is 0.000000239. The number of nitrogens with one attached hydrogen (secondary N) is 1. The van der Waals surface area contributed by atoms with Gasteiger partial charge in [0, 0.05) is 58.4 Å². The van der Waals surface area contributed by atoms with Gasteiger partial charge >= 0.3 is 5.96 Å². The molecule has 2 aromatic rings. The molecular formula is C28H54N8S+4. The maximum Gasteiger partial charge on any atom is 0.347 e. The maximum absolute atomic E-state index is 3.44. The molecule has 0 bridgehead atoms. The molecule has 8 nitrogen and oxygen atoms in total. The van der Waals surface area contributed by atoms with Gasteiger partial charge < -0.3 is 14.3 Å². The van der Waals surface area contributed by atoms with Crippen LogP contribution in [0.25, 0.3) is 0 Å². The number of hydrogen-bond acceptors (Lipinski definition) is 5. The highest BCUT2D eigenvalue weighted by Gasteiger charge is 2.27. The molecule has 1 saturated heterocycles. The van der Waals surface area contributed by atoms with E-state index in [9.17, 15) is 0 Å². The van der Waals surface area contributed by atoms with Crippen LogP contribution in [0.15, 0.2) is 53.9 Å². The summed E-state index contributed by atoms with van der Waals surface area (Å²) < 4.78 is 7.42. The molecule has 0 saturated carbocycles. The molecule has 0 unspecified atom stereocenters. The number of fused-ring (bicyclic) bond motifs is 1. The number of pyridine rings is 1. The quantitative estimate of drug-likeness (QED) is 0.412. The molecule has 1 fully saturated rings. The Kier molecular flexibility index (Phi) is 14.9. The first-order chi connectivity index (χ1) is 17.4. The van der Waals surface area contributed by atoms with Crippen LogP contribution in [0.2, 0.25) is 0 Å². The molecule has 0 atom stereocenters. The van der Waals surface area contributed by atoms with Crippen molar-refractivity contribution in [2.45, 2.75) is 19.8 Å². The summed E-state index contributed by atoms with van der Waals surface area (Å²) in [5.41, 5.74) is 3.33. The molecule has 0 amide bonds. The first kappa shape index (κ1) is 32.4. The molecule has 0 aliphatic carbocycles. The second-order valence-electron chi connectivity index (χ2n) is 11.1. The Hall–Kier alpha value is -2.65. The van der Waals surface area contributed by atoms with Crippen molar-refractivity contribution < 1.29 is 18.2 Å². The topological polar surface area (TPSA) is 32.5 Å². The molecule has 208 valence electrons. The van der Waals surface area contributed by atoms with E-state index in [1.165, 1.54) is 44.1 Å². The van der Waals surface area contributed by atoms with E-state index in [-0.39, 0.29) is 0 Å². The van der Waals surface area contributed by atoms with Crippen molar-refractivity contribution in [3.05, 3.63) is 59.6 Å². The second kappa shape index (κ2) is 17.0. The molecule has 37 heavy (non-hydrogen) atoms. The summed E-state index contributed by atoms with van der Waals surface area (Å²) in [7, 11) is 18.8. The van der Waals surface area contributed by atoms with Crippen molar-refractivity contribution in [1.29, 1.82) is 0 Å². The predicted octanol–water partition coefficient (Wildman–Crippen LogP) is 1.69. The highest BCUT2D eigenvalue weighted by atomic mass is 32.1. The number of aryl methyl sites for hydroxylation is 3. The van der Waals surface area contributed by atoms with Crippen molar-refractivity contribution in [2.24, 2.45) is 14.1 Å². The average Bonchev–Trinajstić information content (AvgIpc) is 3.46. The number of hydrogen-bond donors (Lipinski definition) is 1. The van der Waals surface area contributed by atoms with E-state index in [2.05, 4.69) is 104 Å². The largest absolute Gasteiger partial charge is 0.362 e. The Bertz CT molecular complexity index is 897. The minimum Gasteiger partial charge on any atom is -0.362 e. The van der Waals surface area contributed by atoms with Crippen LogP contribution in [0.5, 0.6) is 0 Å². The maximum atomic E-state index is 3.44. The van der Waals surface area contributed by atoms with Gasteiger partial charge in [0.2, 0.25) is 5.51 Å². The zero-order valence-corrected chi connectivity index (χ0v) is 26.0. The van der Waals surface area contributed by atoms with E-state index < -0.39 is 0 Å². The lowest BCUT2D eigenvalue weighted by molar-refractivity contribution is -0.849. The van der Waals surface area contributed by atoms with E-state index in [4.69, 9.17) is 0 Å². The monoisotopic (exact) mass is 534 g/mol. The van der Waals surface area contributed by atoms with Crippen LogP contribution < -0.4 is 14.5 Å². The molecule has 1 N–H and O–H groups in total. The Morgan fingerprint density at radius 2 is 1.54 bits per heavy atom. The summed E-state index contributed by atoms with van der Waals surface area (Å²) in [6.45, 7) is 7.95. The molecule has 0 radical (unpaired) electrons. The predicted molar refractivity (Wildman–Crippen MR) is 156 cm³/mol. The Morgan fingerprint density at radius 3 is 1.92 bits per heavy atom. The summed E-state index contributed by atoms with van der Waals surface area (Å²) in [5.74, 6) is 1.35. The molecule has 0 spiro atoms. The average molecular weight is 535 g/mol. The summed E-state index contributed by atoms with van der Waals surface area (Å²) in [5, 5.41) is 5.48. The van der Waals surface area contributed by atoms with Crippen LogP contribution in [0.3, 0.4) is 0 Å². The lowest BCUT2D eigenvalue weighted by Gasteiger charge is -2.29. The minimum atomic E-state index is 1.00. The van der Waals surface area contributed by atoms with Crippen LogP contribution in [0.1, 0.15) is 18.5 Å². The van der Waals surface area contributed by atoms with Crippen molar-refractivity contribution in [1.82, 2.24) is 20.0 Å². The van der Waals surface area contributed by atoms with E-state index in [1.807, 2.05) is 54.1 Å². The number of guanidine groups is 1. The number of rotatable bonds is 0. The van der Waals surface area contributed by atoms with Crippen LogP contribution in [-0.2, 0) is 14.1 Å². The molecule has 5 heterocycles. The third kappa shape index (κ3) is 15.9. The minimum absolute atomic E-state index is 1.00. The fraction of sp³-hybridized carbons (Fsp3) is 0.607. The summed E-state index contributed by atoms with van der Waals surface area (Å²) in [6.07, 6.45) is 10.8. The van der Waals surface area contributed by atoms with Crippen LogP contribution >= 0.6 is 11.3 Å². The van der Waals surface area contributed by atoms with Crippen molar-refractivity contribution >= 4 is 17.3 Å². The molecule has 0 aromatic carbocycles. The Morgan fingerprint density at radius 1 is 0.919 bits per heavy atom. The zero-order chi connectivity index (χ0) is 27.8. The van der Waals surface area contributed by atoms with E-state index in [1.54, 1.807) is 11.3 Å².